The summed E-state index contributed by atoms with van der Waals surface area (Å²) in [5.74, 6) is 2.08. The Balaban J connectivity index is 0.00000300. The van der Waals surface area contributed by atoms with E-state index in [0.29, 0.717) is 11.8 Å². The lowest BCUT2D eigenvalue weighted by atomic mass is 9.80. The molecule has 4 heteroatoms. The second-order valence-electron chi connectivity index (χ2n) is 8.42. The van der Waals surface area contributed by atoms with Gasteiger partial charge in [0, 0.05) is 32.2 Å². The number of rotatable bonds is 8. The Morgan fingerprint density at radius 3 is 2.34 bits per heavy atom. The molecular formula is C25H37ClN2O. The minimum Gasteiger partial charge on any atom is -0.493 e. The van der Waals surface area contributed by atoms with Crippen LogP contribution in [0.25, 0.3) is 0 Å². The number of likely N-dealkylation sites (tertiary alicyclic amines) is 1. The molecule has 0 spiro atoms. The van der Waals surface area contributed by atoms with Gasteiger partial charge >= 0.3 is 0 Å². The van der Waals surface area contributed by atoms with Crippen LogP contribution in [0.3, 0.4) is 0 Å². The molecule has 0 saturated carbocycles. The summed E-state index contributed by atoms with van der Waals surface area (Å²) >= 11 is 0. The molecule has 0 amide bonds. The second-order valence-corrected chi connectivity index (χ2v) is 8.42. The molecule has 29 heavy (non-hydrogen) atoms. The first kappa shape index (κ1) is 23.6. The van der Waals surface area contributed by atoms with Crippen molar-refractivity contribution >= 4 is 18.1 Å². The predicted octanol–water partition coefficient (Wildman–Crippen LogP) is 5.77. The van der Waals surface area contributed by atoms with Crippen molar-refractivity contribution in [1.82, 2.24) is 4.90 Å². The molecule has 0 aromatic heterocycles. The first-order valence-corrected chi connectivity index (χ1v) is 10.8. The maximum atomic E-state index is 6.23. The minimum atomic E-state index is 0. The lowest BCUT2D eigenvalue weighted by Gasteiger charge is -2.39. The van der Waals surface area contributed by atoms with Gasteiger partial charge in [0.1, 0.15) is 5.75 Å². The standard InChI is InChI=1S/C25H36N2O.ClH/c1-5-6-16-27-17-15-25(21-9-11-23(12-10-21)26(3)4)22(18-27)19-28-24-13-7-20(2)8-14-24;/h7-14,22,25H,5-6,15-19H2,1-4H3;1H/t22-,25-;/m1./s1. The van der Waals surface area contributed by atoms with Gasteiger partial charge in [0.2, 0.25) is 0 Å². The number of aryl methyl sites for hydroxylation is 1. The molecule has 2 aromatic rings. The normalized spacial score (nSPS) is 19.4. The van der Waals surface area contributed by atoms with E-state index in [1.54, 1.807) is 0 Å². The number of benzene rings is 2. The van der Waals surface area contributed by atoms with Crippen LogP contribution in [0.15, 0.2) is 48.5 Å². The van der Waals surface area contributed by atoms with Crippen molar-refractivity contribution in [3.05, 3.63) is 59.7 Å². The van der Waals surface area contributed by atoms with E-state index >= 15 is 0 Å². The number of unbranched alkanes of at least 4 members (excludes halogenated alkanes) is 1. The monoisotopic (exact) mass is 416 g/mol. The van der Waals surface area contributed by atoms with Crippen LogP contribution in [0, 0.1) is 12.8 Å². The van der Waals surface area contributed by atoms with Crippen molar-refractivity contribution in [2.24, 2.45) is 5.92 Å². The average molecular weight is 417 g/mol. The van der Waals surface area contributed by atoms with E-state index in [9.17, 15) is 0 Å². The van der Waals surface area contributed by atoms with Crippen molar-refractivity contribution in [2.45, 2.75) is 39.0 Å². The topological polar surface area (TPSA) is 15.7 Å². The Bertz CT molecular complexity index is 715. The lowest BCUT2D eigenvalue weighted by Crippen LogP contribution is -2.42. The summed E-state index contributed by atoms with van der Waals surface area (Å²) in [6.07, 6.45) is 3.76. The van der Waals surface area contributed by atoms with E-state index in [2.05, 4.69) is 86.3 Å². The zero-order chi connectivity index (χ0) is 19.9. The highest BCUT2D eigenvalue weighted by Gasteiger charge is 2.30. The molecule has 2 atom stereocenters. The molecule has 3 rings (SSSR count). The Hall–Kier alpha value is -1.71. The molecule has 1 aliphatic heterocycles. The Labute approximate surface area is 183 Å². The fraction of sp³-hybridized carbons (Fsp3) is 0.520. The summed E-state index contributed by atoms with van der Waals surface area (Å²) in [4.78, 5) is 4.80. The smallest absolute Gasteiger partial charge is 0.119 e. The highest BCUT2D eigenvalue weighted by molar-refractivity contribution is 5.85. The summed E-state index contributed by atoms with van der Waals surface area (Å²) < 4.78 is 6.23. The van der Waals surface area contributed by atoms with Crippen LogP contribution >= 0.6 is 12.4 Å². The zero-order valence-corrected chi connectivity index (χ0v) is 19.3. The van der Waals surface area contributed by atoms with Crippen LogP contribution in [0.4, 0.5) is 5.69 Å². The third kappa shape index (κ3) is 6.65. The summed E-state index contributed by atoms with van der Waals surface area (Å²) in [6, 6.07) is 17.6. The van der Waals surface area contributed by atoms with E-state index in [-0.39, 0.29) is 12.4 Å². The number of anilines is 1. The molecule has 0 N–H and O–H groups in total. The fourth-order valence-corrected chi connectivity index (χ4v) is 4.16. The van der Waals surface area contributed by atoms with E-state index in [1.807, 2.05) is 0 Å². The average Bonchev–Trinajstić information content (AvgIpc) is 2.72. The van der Waals surface area contributed by atoms with Gasteiger partial charge in [-0.1, -0.05) is 43.2 Å². The molecule has 1 fully saturated rings. The summed E-state index contributed by atoms with van der Waals surface area (Å²) in [7, 11) is 4.19. The van der Waals surface area contributed by atoms with Gasteiger partial charge in [-0.3, -0.25) is 0 Å². The number of hydrogen-bond donors (Lipinski definition) is 0. The largest absolute Gasteiger partial charge is 0.493 e. The maximum absolute atomic E-state index is 6.23. The lowest BCUT2D eigenvalue weighted by molar-refractivity contribution is 0.110. The first-order chi connectivity index (χ1) is 13.6. The van der Waals surface area contributed by atoms with Crippen LogP contribution in [-0.2, 0) is 0 Å². The molecule has 160 valence electrons. The van der Waals surface area contributed by atoms with Crippen molar-refractivity contribution < 1.29 is 4.74 Å². The van der Waals surface area contributed by atoms with Gasteiger partial charge in [0.15, 0.2) is 0 Å². The number of hydrogen-bond acceptors (Lipinski definition) is 3. The van der Waals surface area contributed by atoms with Gasteiger partial charge in [-0.15, -0.1) is 12.4 Å². The number of nitrogens with zero attached hydrogens (tertiary/aromatic N) is 2. The van der Waals surface area contributed by atoms with Crippen molar-refractivity contribution in [3.8, 4) is 5.75 Å². The predicted molar refractivity (Wildman–Crippen MR) is 127 cm³/mol. The third-order valence-electron chi connectivity index (χ3n) is 5.97. The summed E-state index contributed by atoms with van der Waals surface area (Å²) in [6.45, 7) is 8.71. The fourth-order valence-electron chi connectivity index (χ4n) is 4.16. The van der Waals surface area contributed by atoms with Gasteiger partial charge in [0.05, 0.1) is 6.61 Å². The Morgan fingerprint density at radius 2 is 1.72 bits per heavy atom. The molecule has 0 unspecified atom stereocenters. The van der Waals surface area contributed by atoms with Crippen molar-refractivity contribution in [1.29, 1.82) is 0 Å². The van der Waals surface area contributed by atoms with Crippen molar-refractivity contribution in [3.63, 3.8) is 0 Å². The van der Waals surface area contributed by atoms with Gasteiger partial charge in [-0.05, 0) is 68.6 Å². The highest BCUT2D eigenvalue weighted by atomic mass is 35.5. The van der Waals surface area contributed by atoms with Gasteiger partial charge in [-0.25, -0.2) is 0 Å². The third-order valence-corrected chi connectivity index (χ3v) is 5.97. The zero-order valence-electron chi connectivity index (χ0n) is 18.4. The molecular weight excluding hydrogens is 380 g/mol. The maximum Gasteiger partial charge on any atom is 0.119 e. The molecule has 3 nitrogen and oxygen atoms in total. The van der Waals surface area contributed by atoms with Gasteiger partial charge in [0.25, 0.3) is 0 Å². The molecule has 1 saturated heterocycles. The van der Waals surface area contributed by atoms with Crippen molar-refractivity contribution in [2.75, 3.05) is 45.2 Å². The molecule has 1 heterocycles. The van der Waals surface area contributed by atoms with Crippen LogP contribution < -0.4 is 9.64 Å². The molecule has 1 aliphatic rings. The van der Waals surface area contributed by atoms with E-state index < -0.39 is 0 Å². The van der Waals surface area contributed by atoms with Crippen LogP contribution in [-0.4, -0.2) is 45.2 Å². The van der Waals surface area contributed by atoms with Crippen LogP contribution in [0.2, 0.25) is 0 Å². The summed E-state index contributed by atoms with van der Waals surface area (Å²) in [5, 5.41) is 0. The second kappa shape index (κ2) is 11.5. The van der Waals surface area contributed by atoms with Crippen LogP contribution in [0.1, 0.15) is 43.2 Å². The number of ether oxygens (including phenoxy) is 1. The molecule has 0 radical (unpaired) electrons. The molecule has 2 aromatic carbocycles. The first-order valence-electron chi connectivity index (χ1n) is 10.8. The van der Waals surface area contributed by atoms with E-state index in [1.165, 1.54) is 49.2 Å². The minimum absolute atomic E-state index is 0. The van der Waals surface area contributed by atoms with E-state index in [0.717, 1.165) is 18.9 Å². The molecule has 0 aliphatic carbocycles. The van der Waals surface area contributed by atoms with Gasteiger partial charge < -0.3 is 14.5 Å². The Morgan fingerprint density at radius 1 is 1.03 bits per heavy atom. The van der Waals surface area contributed by atoms with Gasteiger partial charge in [-0.2, -0.15) is 0 Å². The number of piperidine rings is 1. The Kier molecular flexibility index (Phi) is 9.32. The SMILES string of the molecule is CCCCN1CC[C@H](c2ccc(N(C)C)cc2)[C@@H](COc2ccc(C)cc2)C1.Cl. The highest BCUT2D eigenvalue weighted by Crippen LogP contribution is 2.34. The van der Waals surface area contributed by atoms with E-state index in [4.69, 9.17) is 4.74 Å². The number of halogens is 1. The quantitative estimate of drug-likeness (QED) is 0.543. The molecule has 0 bridgehead atoms. The van der Waals surface area contributed by atoms with Crippen LogP contribution in [0.5, 0.6) is 5.75 Å². The summed E-state index contributed by atoms with van der Waals surface area (Å²) in [5.41, 5.74) is 3.99.